The molecule has 4 N–H and O–H groups in total. The first-order valence-electron chi connectivity index (χ1n) is 6.42. The van der Waals surface area contributed by atoms with Crippen molar-refractivity contribution in [3.05, 3.63) is 60.2 Å². The lowest BCUT2D eigenvalue weighted by Crippen LogP contribution is -2.44. The molecule has 7 nitrogen and oxygen atoms in total. The van der Waals surface area contributed by atoms with Crippen molar-refractivity contribution >= 4 is 29.7 Å². The van der Waals surface area contributed by atoms with Gasteiger partial charge in [0.2, 0.25) is 6.41 Å². The second-order valence-electron chi connectivity index (χ2n) is 4.21. The average Bonchev–Trinajstić information content (AvgIpc) is 2.54. The van der Waals surface area contributed by atoms with Crippen molar-refractivity contribution < 1.29 is 14.4 Å². The van der Waals surface area contributed by atoms with Crippen LogP contribution in [0.15, 0.2) is 54.6 Å². The molecular weight excluding hydrogens is 284 g/mol. The van der Waals surface area contributed by atoms with Gasteiger partial charge in [0.1, 0.15) is 0 Å². The number of carbonyl (C=O) groups is 3. The highest BCUT2D eigenvalue weighted by Crippen LogP contribution is 2.13. The molecule has 112 valence electrons. The molecule has 0 spiro atoms. The molecule has 4 amide bonds. The Bertz CT molecular complexity index is 673. The van der Waals surface area contributed by atoms with E-state index in [0.29, 0.717) is 17.8 Å². The largest absolute Gasteiger partial charge is 0.337 e. The van der Waals surface area contributed by atoms with Gasteiger partial charge in [-0.3, -0.25) is 15.0 Å². The number of amides is 4. The van der Waals surface area contributed by atoms with E-state index in [4.69, 9.17) is 0 Å². The third kappa shape index (κ3) is 4.07. The maximum atomic E-state index is 12.0. The van der Waals surface area contributed by atoms with Gasteiger partial charge in [-0.25, -0.2) is 10.2 Å². The molecule has 0 saturated carbocycles. The van der Waals surface area contributed by atoms with Crippen molar-refractivity contribution in [2.75, 3.05) is 10.6 Å². The molecule has 0 aromatic heterocycles. The van der Waals surface area contributed by atoms with Crippen LogP contribution >= 0.6 is 0 Å². The zero-order valence-corrected chi connectivity index (χ0v) is 11.5. The fraction of sp³-hybridized carbons (Fsp3) is 0. The first kappa shape index (κ1) is 15.0. The van der Waals surface area contributed by atoms with E-state index in [0.717, 1.165) is 0 Å². The van der Waals surface area contributed by atoms with Crippen molar-refractivity contribution in [2.24, 2.45) is 0 Å². The lowest BCUT2D eigenvalue weighted by molar-refractivity contribution is -0.105. The van der Waals surface area contributed by atoms with Gasteiger partial charge < -0.3 is 10.6 Å². The van der Waals surface area contributed by atoms with Crippen LogP contribution < -0.4 is 21.5 Å². The maximum absolute atomic E-state index is 12.0. The molecule has 7 heteroatoms. The summed E-state index contributed by atoms with van der Waals surface area (Å²) in [4.78, 5) is 34.1. The topological polar surface area (TPSA) is 99.3 Å². The summed E-state index contributed by atoms with van der Waals surface area (Å²) in [5.74, 6) is -0.548. The Kier molecular flexibility index (Phi) is 5.09. The standard InChI is InChI=1S/C15H14N4O3/c20-10-16-13-9-5-4-8-12(13)14(21)18-19-15(22)17-11-6-2-1-3-7-11/h1-10H,(H,16,20)(H,18,21)(H2,17,19,22). The first-order valence-corrected chi connectivity index (χ1v) is 6.42. The summed E-state index contributed by atoms with van der Waals surface area (Å²) in [6, 6.07) is 14.6. The second-order valence-corrected chi connectivity index (χ2v) is 4.21. The van der Waals surface area contributed by atoms with Gasteiger partial charge in [-0.1, -0.05) is 30.3 Å². The van der Waals surface area contributed by atoms with Crippen molar-refractivity contribution in [3.63, 3.8) is 0 Å². The molecule has 22 heavy (non-hydrogen) atoms. The molecule has 0 aliphatic carbocycles. The maximum Gasteiger partial charge on any atom is 0.337 e. The van der Waals surface area contributed by atoms with Gasteiger partial charge in [-0.15, -0.1) is 0 Å². The van der Waals surface area contributed by atoms with Gasteiger partial charge in [0, 0.05) is 5.69 Å². The smallest absolute Gasteiger partial charge is 0.328 e. The number of rotatable bonds is 4. The predicted octanol–water partition coefficient (Wildman–Crippen LogP) is 1.72. The lowest BCUT2D eigenvalue weighted by Gasteiger charge is -2.11. The van der Waals surface area contributed by atoms with Crippen molar-refractivity contribution in [1.82, 2.24) is 10.9 Å². The molecule has 0 aliphatic rings. The predicted molar refractivity (Wildman–Crippen MR) is 82.2 cm³/mol. The third-order valence-electron chi connectivity index (χ3n) is 2.71. The highest BCUT2D eigenvalue weighted by atomic mass is 16.2. The second kappa shape index (κ2) is 7.44. The SMILES string of the molecule is O=CNc1ccccc1C(=O)NNC(=O)Nc1ccccc1. The molecule has 0 heterocycles. The number of carbonyl (C=O) groups excluding carboxylic acids is 3. The van der Waals surface area contributed by atoms with Crippen LogP contribution in [-0.2, 0) is 4.79 Å². The normalized spacial score (nSPS) is 9.45. The summed E-state index contributed by atoms with van der Waals surface area (Å²) in [7, 11) is 0. The zero-order chi connectivity index (χ0) is 15.8. The Hall–Kier alpha value is -3.35. The van der Waals surface area contributed by atoms with Crippen LogP contribution in [0.5, 0.6) is 0 Å². The number of urea groups is 1. The Labute approximate surface area is 126 Å². The number of hydrogen-bond donors (Lipinski definition) is 4. The molecule has 2 rings (SSSR count). The van der Waals surface area contributed by atoms with Crippen LogP contribution in [0.4, 0.5) is 16.2 Å². The molecule has 0 unspecified atom stereocenters. The lowest BCUT2D eigenvalue weighted by atomic mass is 10.1. The molecule has 2 aromatic rings. The third-order valence-corrected chi connectivity index (χ3v) is 2.71. The molecule has 0 aliphatic heterocycles. The minimum absolute atomic E-state index is 0.231. The van der Waals surface area contributed by atoms with E-state index in [1.54, 1.807) is 42.5 Å². The van der Waals surface area contributed by atoms with Crippen molar-refractivity contribution in [3.8, 4) is 0 Å². The zero-order valence-electron chi connectivity index (χ0n) is 11.5. The van der Waals surface area contributed by atoms with E-state index >= 15 is 0 Å². The van der Waals surface area contributed by atoms with Crippen LogP contribution in [0.1, 0.15) is 10.4 Å². The average molecular weight is 298 g/mol. The van der Waals surface area contributed by atoms with Gasteiger partial charge in [-0.2, -0.15) is 0 Å². The number of nitrogens with one attached hydrogen (secondary N) is 4. The van der Waals surface area contributed by atoms with Gasteiger partial charge in [0.25, 0.3) is 5.91 Å². The summed E-state index contributed by atoms with van der Waals surface area (Å²) < 4.78 is 0. The molecule has 0 radical (unpaired) electrons. The van der Waals surface area contributed by atoms with E-state index in [2.05, 4.69) is 21.5 Å². The van der Waals surface area contributed by atoms with Gasteiger partial charge in [-0.05, 0) is 24.3 Å². The minimum Gasteiger partial charge on any atom is -0.328 e. The number of para-hydroxylation sites is 2. The van der Waals surface area contributed by atoms with E-state index in [1.165, 1.54) is 6.07 Å². The van der Waals surface area contributed by atoms with Crippen LogP contribution in [0, 0.1) is 0 Å². The van der Waals surface area contributed by atoms with Gasteiger partial charge in [0.15, 0.2) is 0 Å². The fourth-order valence-electron chi connectivity index (χ4n) is 1.74. The number of hydrazine groups is 1. The Morgan fingerprint density at radius 3 is 2.27 bits per heavy atom. The number of anilines is 2. The van der Waals surface area contributed by atoms with Crippen molar-refractivity contribution in [2.45, 2.75) is 0 Å². The highest BCUT2D eigenvalue weighted by Gasteiger charge is 2.11. The molecule has 2 aromatic carbocycles. The summed E-state index contributed by atoms with van der Waals surface area (Å²) in [6.45, 7) is 0. The Balaban J connectivity index is 1.92. The summed E-state index contributed by atoms with van der Waals surface area (Å²) >= 11 is 0. The molecule has 0 fully saturated rings. The van der Waals surface area contributed by atoms with E-state index in [9.17, 15) is 14.4 Å². The molecular formula is C15H14N4O3. The quantitative estimate of drug-likeness (QED) is 0.511. The van der Waals surface area contributed by atoms with Crippen LogP contribution in [0.2, 0.25) is 0 Å². The van der Waals surface area contributed by atoms with Crippen LogP contribution in [0.25, 0.3) is 0 Å². The van der Waals surface area contributed by atoms with Crippen molar-refractivity contribution in [1.29, 1.82) is 0 Å². The molecule has 0 saturated heterocycles. The van der Waals surface area contributed by atoms with Crippen LogP contribution in [-0.4, -0.2) is 18.3 Å². The highest BCUT2D eigenvalue weighted by molar-refractivity contribution is 6.02. The summed E-state index contributed by atoms with van der Waals surface area (Å²) in [5, 5.41) is 4.97. The monoisotopic (exact) mass is 298 g/mol. The van der Waals surface area contributed by atoms with Crippen LogP contribution in [0.3, 0.4) is 0 Å². The van der Waals surface area contributed by atoms with E-state index < -0.39 is 11.9 Å². The molecule has 0 atom stereocenters. The Morgan fingerprint density at radius 1 is 0.864 bits per heavy atom. The fourth-order valence-corrected chi connectivity index (χ4v) is 1.74. The number of hydrogen-bond acceptors (Lipinski definition) is 3. The summed E-state index contributed by atoms with van der Waals surface area (Å²) in [5.41, 5.74) is 5.67. The van der Waals surface area contributed by atoms with Gasteiger partial charge in [0.05, 0.1) is 11.3 Å². The van der Waals surface area contributed by atoms with E-state index in [1.807, 2.05) is 6.07 Å². The Morgan fingerprint density at radius 2 is 1.55 bits per heavy atom. The minimum atomic E-state index is -0.583. The molecule has 0 bridgehead atoms. The van der Waals surface area contributed by atoms with Gasteiger partial charge >= 0.3 is 6.03 Å². The van der Waals surface area contributed by atoms with E-state index in [-0.39, 0.29) is 5.56 Å². The number of benzene rings is 2. The first-order chi connectivity index (χ1) is 10.7. The summed E-state index contributed by atoms with van der Waals surface area (Å²) in [6.07, 6.45) is 0.474.